The number of aromatic nitrogens is 1. The molecule has 4 fully saturated rings. The number of benzene rings is 2. The van der Waals surface area contributed by atoms with Crippen molar-refractivity contribution < 1.29 is 51.0 Å². The summed E-state index contributed by atoms with van der Waals surface area (Å²) < 4.78 is 2.30. The van der Waals surface area contributed by atoms with Crippen LogP contribution >= 0.6 is 0 Å². The van der Waals surface area contributed by atoms with Crippen LogP contribution in [0.3, 0.4) is 0 Å². The Labute approximate surface area is 240 Å². The molecule has 1 aromatic heterocycles. The van der Waals surface area contributed by atoms with Gasteiger partial charge in [-0.3, -0.25) is 6.08 Å². The summed E-state index contributed by atoms with van der Waals surface area (Å²) in [5.74, 6) is 3.23. The Kier molecular flexibility index (Phi) is 7.88. The van der Waals surface area contributed by atoms with Gasteiger partial charge in [0.25, 0.3) is 0 Å². The van der Waals surface area contributed by atoms with Gasteiger partial charge in [-0.05, 0) is 48.6 Å². The minimum Gasteiger partial charge on any atom is -1.00 e. The van der Waals surface area contributed by atoms with Crippen molar-refractivity contribution in [2.75, 3.05) is 0 Å². The van der Waals surface area contributed by atoms with Crippen molar-refractivity contribution in [3.63, 3.8) is 0 Å². The molecule has 0 unspecified atom stereocenters. The second-order valence-corrected chi connectivity index (χ2v) is 11.0. The molecular formula is C31H31Cl2NZr. The first-order chi connectivity index (χ1) is 15.7. The fraction of sp³-hybridized carbons (Fsp3) is 0.387. The number of hydrogen-bond donors (Lipinski definition) is 0. The average molecular weight is 580 g/mol. The number of rotatable bonds is 1. The zero-order chi connectivity index (χ0) is 21.3. The molecule has 0 atom stereocenters. The van der Waals surface area contributed by atoms with E-state index in [9.17, 15) is 0 Å². The molecule has 4 saturated carbocycles. The molecule has 0 spiro atoms. The molecule has 4 bridgehead atoms. The van der Waals surface area contributed by atoms with Gasteiger partial charge in [0.1, 0.15) is 0 Å². The van der Waals surface area contributed by atoms with E-state index >= 15 is 0 Å². The minimum atomic E-state index is 0. The van der Waals surface area contributed by atoms with Gasteiger partial charge in [0, 0.05) is 12.6 Å². The number of para-hydroxylation sites is 1. The van der Waals surface area contributed by atoms with Gasteiger partial charge in [-0.15, -0.1) is 23.9 Å². The Morgan fingerprint density at radius 3 is 2.09 bits per heavy atom. The molecule has 0 radical (unpaired) electrons. The standard InChI is InChI=1S/C16H12N.C15H19.2ClH.Zr/c1-17-15-9-5-4-8-13(15)14-10-11-6-2-3-7-12(11)16(14)17;1-2-4-14(3-1)15-8-11-5-12(9-15)7-13(6-11)10-15;;;/h2-10H,1H3;3-4,11-13H,1,5-10H2;2*1H;/q2*-1;;;+4/p-2. The average Bonchev–Trinajstić information content (AvgIpc) is 3.52. The molecule has 9 rings (SSSR count). The molecule has 1 heterocycles. The Bertz CT molecular complexity index is 1360. The summed E-state index contributed by atoms with van der Waals surface area (Å²) >= 11 is 0. The second-order valence-electron chi connectivity index (χ2n) is 11.0. The maximum absolute atomic E-state index is 3.38. The van der Waals surface area contributed by atoms with Crippen molar-refractivity contribution in [1.29, 1.82) is 0 Å². The third kappa shape index (κ3) is 4.32. The van der Waals surface area contributed by atoms with Crippen LogP contribution in [0.2, 0.25) is 0 Å². The first-order valence-corrected chi connectivity index (χ1v) is 12.5. The first-order valence-electron chi connectivity index (χ1n) is 12.5. The number of fused-ring (bicyclic) bond motifs is 5. The van der Waals surface area contributed by atoms with Crippen LogP contribution in [-0.4, -0.2) is 4.57 Å². The zero-order valence-corrected chi connectivity index (χ0v) is 24.2. The van der Waals surface area contributed by atoms with Crippen molar-refractivity contribution in [2.45, 2.75) is 44.9 Å². The van der Waals surface area contributed by atoms with Crippen molar-refractivity contribution >= 4 is 32.6 Å². The van der Waals surface area contributed by atoms with Gasteiger partial charge >= 0.3 is 26.2 Å². The monoisotopic (exact) mass is 577 g/mol. The summed E-state index contributed by atoms with van der Waals surface area (Å²) in [7, 11) is 2.15. The SMILES string of the molecule is Cn1c2ccccc2c2[cH-]c3ccccc3c21.[C-]1=CC(C23CC4CC(CC(C4)C2)C3)=CC1.[Cl-].[Cl-].[Zr+4]. The topological polar surface area (TPSA) is 4.93 Å². The number of allylic oxidation sites excluding steroid dienone is 4. The maximum atomic E-state index is 3.38. The summed E-state index contributed by atoms with van der Waals surface area (Å²) in [5.41, 5.74) is 4.95. The van der Waals surface area contributed by atoms with Crippen LogP contribution in [0, 0.1) is 29.2 Å². The largest absolute Gasteiger partial charge is 4.00 e. The Morgan fingerprint density at radius 1 is 0.857 bits per heavy atom. The van der Waals surface area contributed by atoms with E-state index in [0.717, 1.165) is 24.2 Å². The van der Waals surface area contributed by atoms with E-state index in [2.05, 4.69) is 84.4 Å². The Balaban J connectivity index is 0.000000153. The molecule has 3 aromatic carbocycles. The maximum Gasteiger partial charge on any atom is 4.00 e. The van der Waals surface area contributed by atoms with Crippen molar-refractivity contribution in [3.8, 4) is 0 Å². The van der Waals surface area contributed by atoms with Gasteiger partial charge in [0.15, 0.2) is 0 Å². The van der Waals surface area contributed by atoms with Crippen molar-refractivity contribution in [3.05, 3.63) is 78.4 Å². The predicted octanol–water partition coefficient (Wildman–Crippen LogP) is 2.10. The van der Waals surface area contributed by atoms with E-state index in [4.69, 9.17) is 0 Å². The second kappa shape index (κ2) is 10.3. The molecule has 5 aliphatic rings. The van der Waals surface area contributed by atoms with E-state index in [1.165, 1.54) is 51.8 Å². The summed E-state index contributed by atoms with van der Waals surface area (Å²) in [6, 6.07) is 19.5. The minimum absolute atomic E-state index is 0. The zero-order valence-electron chi connectivity index (χ0n) is 20.2. The third-order valence-corrected chi connectivity index (χ3v) is 9.01. The van der Waals surface area contributed by atoms with Crippen LogP contribution in [0.25, 0.3) is 32.6 Å². The van der Waals surface area contributed by atoms with Gasteiger partial charge < -0.3 is 29.4 Å². The van der Waals surface area contributed by atoms with Gasteiger partial charge in [0.05, 0.1) is 0 Å². The molecule has 0 amide bonds. The molecular weight excluding hydrogens is 548 g/mol. The fourth-order valence-electron chi connectivity index (χ4n) is 8.12. The quantitative estimate of drug-likeness (QED) is 0.305. The van der Waals surface area contributed by atoms with E-state index < -0.39 is 0 Å². The molecule has 5 aliphatic carbocycles. The molecule has 0 saturated heterocycles. The molecule has 0 aliphatic heterocycles. The number of aryl methyl sites for hydroxylation is 1. The van der Waals surface area contributed by atoms with E-state index in [1.807, 2.05) is 0 Å². The van der Waals surface area contributed by atoms with Crippen LogP contribution in [0.5, 0.6) is 0 Å². The molecule has 35 heavy (non-hydrogen) atoms. The van der Waals surface area contributed by atoms with Crippen LogP contribution in [-0.2, 0) is 33.3 Å². The number of nitrogens with zero attached hydrogens (tertiary/aromatic N) is 1. The smallest absolute Gasteiger partial charge is 1.00 e. The summed E-state index contributed by atoms with van der Waals surface area (Å²) in [4.78, 5) is 0. The van der Waals surface area contributed by atoms with Gasteiger partial charge in [-0.2, -0.15) is 11.6 Å². The first kappa shape index (κ1) is 26.8. The molecule has 4 heteroatoms. The third-order valence-electron chi connectivity index (χ3n) is 9.01. The molecule has 0 N–H and O–H groups in total. The van der Waals surface area contributed by atoms with E-state index in [1.54, 1.807) is 24.8 Å². The normalized spacial score (nSPS) is 27.7. The summed E-state index contributed by atoms with van der Waals surface area (Å²) in [5, 5.41) is 5.39. The van der Waals surface area contributed by atoms with E-state index in [-0.39, 0.29) is 51.0 Å². The van der Waals surface area contributed by atoms with Crippen LogP contribution in [0.15, 0.2) is 72.3 Å². The number of hydrogen-bond acceptors (Lipinski definition) is 0. The molecule has 178 valence electrons. The summed E-state index contributed by atoms with van der Waals surface area (Å²) in [6.45, 7) is 0. The van der Waals surface area contributed by atoms with Gasteiger partial charge in [-0.1, -0.05) is 77.2 Å². The summed E-state index contributed by atoms with van der Waals surface area (Å²) in [6.07, 6.45) is 18.4. The van der Waals surface area contributed by atoms with Gasteiger partial charge in [0.2, 0.25) is 0 Å². The van der Waals surface area contributed by atoms with Crippen LogP contribution < -0.4 is 24.8 Å². The number of halogens is 2. The van der Waals surface area contributed by atoms with Gasteiger partial charge in [-0.25, -0.2) is 6.08 Å². The Morgan fingerprint density at radius 2 is 1.46 bits per heavy atom. The molecule has 1 nitrogen and oxygen atoms in total. The van der Waals surface area contributed by atoms with Crippen LogP contribution in [0.1, 0.15) is 44.9 Å². The van der Waals surface area contributed by atoms with Crippen molar-refractivity contribution in [2.24, 2.45) is 30.2 Å². The molecule has 4 aromatic rings. The van der Waals surface area contributed by atoms with Crippen molar-refractivity contribution in [1.82, 2.24) is 4.57 Å². The van der Waals surface area contributed by atoms with E-state index in [0.29, 0.717) is 5.41 Å². The predicted molar refractivity (Wildman–Crippen MR) is 135 cm³/mol. The Hall–Kier alpha value is -1.21. The fourth-order valence-corrected chi connectivity index (χ4v) is 8.12. The van der Waals surface area contributed by atoms with Crippen LogP contribution in [0.4, 0.5) is 0 Å².